The average Bonchev–Trinajstić information content (AvgIpc) is 2.83. The first-order valence-corrected chi connectivity index (χ1v) is 7.87. The summed E-state index contributed by atoms with van der Waals surface area (Å²) < 4.78 is 6.92. The van der Waals surface area contributed by atoms with Crippen molar-refractivity contribution in [2.75, 3.05) is 27.2 Å². The van der Waals surface area contributed by atoms with Crippen LogP contribution in [0.1, 0.15) is 12.8 Å². The quantitative estimate of drug-likeness (QED) is 0.596. The van der Waals surface area contributed by atoms with E-state index in [1.54, 1.807) is 12.0 Å². The molecule has 1 saturated heterocycles. The highest BCUT2D eigenvalue weighted by Crippen LogP contribution is 2.26. The van der Waals surface area contributed by atoms with Crippen molar-refractivity contribution in [2.45, 2.75) is 18.9 Å². The fraction of sp³-hybridized carbons (Fsp3) is 0.467. The molecule has 0 radical (unpaired) electrons. The van der Waals surface area contributed by atoms with Crippen LogP contribution in [-0.2, 0) is 4.79 Å². The molecule has 2 heterocycles. The molecule has 112 valence electrons. The first-order valence-electron chi connectivity index (χ1n) is 7.07. The number of ether oxygens (including phenoxy) is 1. The Balaban J connectivity index is 1.88. The Morgan fingerprint density at radius 2 is 2.14 bits per heavy atom. The molecular formula is C15H19BrN3O2+. The summed E-state index contributed by atoms with van der Waals surface area (Å²) >= 11 is 3.52. The van der Waals surface area contributed by atoms with Crippen LogP contribution in [0.3, 0.4) is 0 Å². The minimum Gasteiger partial charge on any atom is -0.495 e. The lowest BCUT2D eigenvalue weighted by molar-refractivity contribution is -0.865. The van der Waals surface area contributed by atoms with Crippen LogP contribution in [-0.4, -0.2) is 49.2 Å². The van der Waals surface area contributed by atoms with E-state index in [0.717, 1.165) is 53.1 Å². The number of carbonyl (C=O) groups excluding carboxylic acids is 1. The second kappa shape index (κ2) is 5.42. The monoisotopic (exact) mass is 352 g/mol. The van der Waals surface area contributed by atoms with E-state index in [4.69, 9.17) is 9.84 Å². The van der Waals surface area contributed by atoms with Crippen LogP contribution >= 0.6 is 15.9 Å². The van der Waals surface area contributed by atoms with Crippen LogP contribution in [0, 0.1) is 0 Å². The topological polar surface area (TPSA) is 41.9 Å². The van der Waals surface area contributed by atoms with Crippen LogP contribution in [0.15, 0.2) is 21.7 Å². The number of carbonyl (C=O) groups is 1. The van der Waals surface area contributed by atoms with E-state index in [1.807, 2.05) is 13.1 Å². The molecule has 0 atom stereocenters. The molecule has 1 spiro atoms. The highest BCUT2D eigenvalue weighted by molar-refractivity contribution is 9.10. The van der Waals surface area contributed by atoms with Crippen molar-refractivity contribution in [3.8, 4) is 5.75 Å². The summed E-state index contributed by atoms with van der Waals surface area (Å²) in [6.07, 6.45) is 5.08. The van der Waals surface area contributed by atoms with Crippen LogP contribution in [0.2, 0.25) is 0 Å². The Bertz CT molecular complexity index is 681. The lowest BCUT2D eigenvalue weighted by Gasteiger charge is -2.36. The molecule has 2 aliphatic heterocycles. The number of benzene rings is 1. The lowest BCUT2D eigenvalue weighted by Crippen LogP contribution is -2.48. The zero-order chi connectivity index (χ0) is 15.0. The number of hydrogen-bond acceptors (Lipinski definition) is 3. The van der Waals surface area contributed by atoms with Crippen LogP contribution in [0.25, 0.3) is 6.20 Å². The third-order valence-electron chi connectivity index (χ3n) is 4.43. The summed E-state index contributed by atoms with van der Waals surface area (Å²) in [7, 11) is 3.52. The fourth-order valence-electron chi connectivity index (χ4n) is 3.13. The molecule has 0 aliphatic carbocycles. The maximum Gasteiger partial charge on any atom is 0.209 e. The second-order valence-electron chi connectivity index (χ2n) is 5.71. The zero-order valence-corrected chi connectivity index (χ0v) is 13.8. The van der Waals surface area contributed by atoms with E-state index in [-0.39, 0.29) is 0 Å². The van der Waals surface area contributed by atoms with Gasteiger partial charge in [0.1, 0.15) is 30.4 Å². The van der Waals surface area contributed by atoms with Crippen molar-refractivity contribution >= 4 is 28.5 Å². The van der Waals surface area contributed by atoms with Gasteiger partial charge in [0.15, 0.2) is 0 Å². The molecule has 5 nitrogen and oxygen atoms in total. The Kier molecular flexibility index (Phi) is 3.75. The van der Waals surface area contributed by atoms with Gasteiger partial charge >= 0.3 is 0 Å². The van der Waals surface area contributed by atoms with Crippen molar-refractivity contribution in [3.63, 3.8) is 0 Å². The van der Waals surface area contributed by atoms with Crippen molar-refractivity contribution in [1.82, 2.24) is 4.90 Å². The van der Waals surface area contributed by atoms with Gasteiger partial charge < -0.3 is 9.64 Å². The Labute approximate surface area is 132 Å². The van der Waals surface area contributed by atoms with Crippen molar-refractivity contribution in [2.24, 2.45) is 5.10 Å². The third kappa shape index (κ3) is 2.58. The summed E-state index contributed by atoms with van der Waals surface area (Å²) in [5, 5.41) is 7.01. The van der Waals surface area contributed by atoms with Crippen LogP contribution in [0.4, 0.5) is 0 Å². The highest BCUT2D eigenvalue weighted by atomic mass is 79.9. The number of nitrogens with zero attached hydrogens (tertiary/aromatic N) is 3. The molecule has 6 heteroatoms. The molecule has 1 aromatic carbocycles. The molecule has 1 amide bonds. The largest absolute Gasteiger partial charge is 0.495 e. The van der Waals surface area contributed by atoms with Crippen LogP contribution < -0.4 is 15.3 Å². The minimum atomic E-state index is 0.333. The fourth-order valence-corrected chi connectivity index (χ4v) is 3.65. The SMILES string of the molecule is COc1cc2c(cc1Br)=C[N+]1(CCC(N(C)C=O)CC1)N=2. The standard InChI is InChI=1S/C15H19BrN3O2/c1-18(10-20)12-3-5-19(6-4-12)9-11-7-13(16)15(21-2)8-14(11)17-19/h7-10,12H,3-6H2,1-2H3/q+1. The number of amides is 1. The second-order valence-corrected chi connectivity index (χ2v) is 6.57. The van der Waals surface area contributed by atoms with Crippen molar-refractivity contribution in [3.05, 3.63) is 27.2 Å². The summed E-state index contributed by atoms with van der Waals surface area (Å²) in [4.78, 5) is 12.7. The maximum absolute atomic E-state index is 10.9. The zero-order valence-electron chi connectivity index (χ0n) is 12.3. The molecule has 2 aliphatic rings. The van der Waals surface area contributed by atoms with E-state index >= 15 is 0 Å². The summed E-state index contributed by atoms with van der Waals surface area (Å²) in [5.41, 5.74) is 0. The van der Waals surface area contributed by atoms with Crippen molar-refractivity contribution in [1.29, 1.82) is 0 Å². The number of hydrogen-bond donors (Lipinski definition) is 0. The smallest absolute Gasteiger partial charge is 0.209 e. The van der Waals surface area contributed by atoms with Gasteiger partial charge in [0.25, 0.3) is 0 Å². The molecule has 21 heavy (non-hydrogen) atoms. The Morgan fingerprint density at radius 1 is 1.43 bits per heavy atom. The van der Waals surface area contributed by atoms with Crippen molar-refractivity contribution < 1.29 is 14.1 Å². The van der Waals surface area contributed by atoms with Gasteiger partial charge in [-0.2, -0.15) is 4.59 Å². The van der Waals surface area contributed by atoms with Gasteiger partial charge in [0, 0.05) is 32.0 Å². The van der Waals surface area contributed by atoms with Gasteiger partial charge in [-0.15, -0.1) is 0 Å². The minimum absolute atomic E-state index is 0.333. The summed E-state index contributed by atoms with van der Waals surface area (Å²) in [6.45, 7) is 1.86. The summed E-state index contributed by atoms with van der Waals surface area (Å²) in [5.74, 6) is 0.807. The Morgan fingerprint density at radius 3 is 2.76 bits per heavy atom. The maximum atomic E-state index is 10.9. The van der Waals surface area contributed by atoms with Gasteiger partial charge in [-0.25, -0.2) is 0 Å². The van der Waals surface area contributed by atoms with E-state index < -0.39 is 0 Å². The number of fused-ring (bicyclic) bond motifs is 1. The van der Waals surface area contributed by atoms with Gasteiger partial charge in [0.05, 0.1) is 16.8 Å². The van der Waals surface area contributed by atoms with Gasteiger partial charge in [0.2, 0.25) is 6.41 Å². The molecule has 0 unspecified atom stereocenters. The lowest BCUT2D eigenvalue weighted by atomic mass is 10.0. The van der Waals surface area contributed by atoms with Gasteiger partial charge in [-0.1, -0.05) is 5.10 Å². The number of piperidine rings is 1. The number of rotatable bonds is 3. The predicted molar refractivity (Wildman–Crippen MR) is 82.8 cm³/mol. The van der Waals surface area contributed by atoms with Gasteiger partial charge in [-0.3, -0.25) is 4.79 Å². The first kappa shape index (κ1) is 14.5. The Hall–Kier alpha value is -1.40. The molecule has 3 rings (SSSR count). The molecule has 0 aromatic heterocycles. The van der Waals surface area contributed by atoms with E-state index in [1.165, 1.54) is 0 Å². The highest BCUT2D eigenvalue weighted by Gasteiger charge is 2.36. The number of halogens is 1. The van der Waals surface area contributed by atoms with Crippen LogP contribution in [0.5, 0.6) is 5.75 Å². The molecular weight excluding hydrogens is 334 g/mol. The predicted octanol–water partition coefficient (Wildman–Crippen LogP) is 0.811. The molecule has 1 fully saturated rings. The molecule has 0 saturated carbocycles. The number of methoxy groups -OCH3 is 1. The molecule has 0 N–H and O–H groups in total. The first-order chi connectivity index (χ1) is 10.1. The summed E-state index contributed by atoms with van der Waals surface area (Å²) in [6, 6.07) is 4.38. The van der Waals surface area contributed by atoms with E-state index in [2.05, 4.69) is 28.2 Å². The average molecular weight is 353 g/mol. The third-order valence-corrected chi connectivity index (χ3v) is 5.05. The van der Waals surface area contributed by atoms with Gasteiger partial charge in [-0.05, 0) is 22.0 Å². The van der Waals surface area contributed by atoms with E-state index in [9.17, 15) is 4.79 Å². The normalized spacial score (nSPS) is 26.7. The van der Waals surface area contributed by atoms with E-state index in [0.29, 0.717) is 10.6 Å². The number of quaternary nitrogens is 1. The molecule has 0 bridgehead atoms. The molecule has 1 aromatic rings.